The molecule has 1 amide bonds. The van der Waals surface area contributed by atoms with Gasteiger partial charge in [0, 0.05) is 50.0 Å². The summed E-state index contributed by atoms with van der Waals surface area (Å²) in [6.45, 7) is 1.15. The lowest BCUT2D eigenvalue weighted by Gasteiger charge is -2.34. The summed E-state index contributed by atoms with van der Waals surface area (Å²) in [5.74, 6) is 0.0108. The summed E-state index contributed by atoms with van der Waals surface area (Å²) in [6.07, 6.45) is 4.42. The van der Waals surface area contributed by atoms with E-state index < -0.39 is 10.0 Å². The van der Waals surface area contributed by atoms with Gasteiger partial charge in [0.2, 0.25) is 15.9 Å². The number of rotatable bonds is 5. The normalized spacial score (nSPS) is 15.7. The van der Waals surface area contributed by atoms with Crippen LogP contribution in [-0.4, -0.2) is 54.7 Å². The minimum absolute atomic E-state index is 0.00646. The number of halogens is 2. The molecule has 0 bridgehead atoms. The van der Waals surface area contributed by atoms with Gasteiger partial charge in [0.15, 0.2) is 0 Å². The van der Waals surface area contributed by atoms with Crippen LogP contribution in [0.3, 0.4) is 0 Å². The second-order valence-electron chi connectivity index (χ2n) is 6.22. The summed E-state index contributed by atoms with van der Waals surface area (Å²) < 4.78 is 27.0. The van der Waals surface area contributed by atoms with E-state index in [0.29, 0.717) is 31.0 Å². The number of benzene rings is 1. The lowest BCUT2D eigenvalue weighted by atomic mass is 10.1. The van der Waals surface area contributed by atoms with E-state index in [1.54, 1.807) is 23.4 Å². The molecule has 9 heteroatoms. The highest BCUT2D eigenvalue weighted by Gasteiger charge is 2.31. The van der Waals surface area contributed by atoms with Crippen molar-refractivity contribution in [3.63, 3.8) is 0 Å². The molecule has 1 aromatic heterocycles. The van der Waals surface area contributed by atoms with Gasteiger partial charge < -0.3 is 4.90 Å². The van der Waals surface area contributed by atoms with E-state index in [1.807, 2.05) is 12.1 Å². The van der Waals surface area contributed by atoms with E-state index in [0.717, 1.165) is 5.56 Å². The Kier molecular flexibility index (Phi) is 6.37. The third kappa shape index (κ3) is 4.79. The SMILES string of the molecule is O=C(CCc1cccnc1)N1CCN(S(=O)(=O)c2cc(Cl)ccc2Cl)CC1. The van der Waals surface area contributed by atoms with Crippen LogP contribution in [0.1, 0.15) is 12.0 Å². The first-order chi connectivity index (χ1) is 12.9. The number of nitrogens with zero attached hydrogens (tertiary/aromatic N) is 3. The maximum atomic E-state index is 12.8. The van der Waals surface area contributed by atoms with Crippen LogP contribution in [0.2, 0.25) is 10.0 Å². The molecule has 0 unspecified atom stereocenters. The summed E-state index contributed by atoms with van der Waals surface area (Å²) in [4.78, 5) is 18.1. The number of hydrogen-bond donors (Lipinski definition) is 0. The number of pyridine rings is 1. The molecule has 0 spiro atoms. The monoisotopic (exact) mass is 427 g/mol. The highest BCUT2D eigenvalue weighted by atomic mass is 35.5. The van der Waals surface area contributed by atoms with Gasteiger partial charge in [-0.05, 0) is 36.2 Å². The second-order valence-corrected chi connectivity index (χ2v) is 8.97. The number of carbonyl (C=O) groups excluding carboxylic acids is 1. The Balaban J connectivity index is 1.59. The third-order valence-electron chi connectivity index (χ3n) is 4.45. The first-order valence-electron chi connectivity index (χ1n) is 8.50. The van der Waals surface area contributed by atoms with Gasteiger partial charge in [0.1, 0.15) is 4.90 Å². The molecule has 6 nitrogen and oxygen atoms in total. The number of piperazine rings is 1. The molecule has 0 atom stereocenters. The fraction of sp³-hybridized carbons (Fsp3) is 0.333. The molecule has 0 saturated carbocycles. The van der Waals surface area contributed by atoms with Gasteiger partial charge in [0.25, 0.3) is 0 Å². The molecule has 144 valence electrons. The predicted octanol–water partition coefficient (Wildman–Crippen LogP) is 2.85. The van der Waals surface area contributed by atoms with Crippen LogP contribution < -0.4 is 0 Å². The van der Waals surface area contributed by atoms with E-state index in [1.165, 1.54) is 16.4 Å². The van der Waals surface area contributed by atoms with Crippen molar-refractivity contribution in [2.75, 3.05) is 26.2 Å². The van der Waals surface area contributed by atoms with Crippen LogP contribution in [0.4, 0.5) is 0 Å². The highest BCUT2D eigenvalue weighted by molar-refractivity contribution is 7.89. The van der Waals surface area contributed by atoms with Gasteiger partial charge in [-0.25, -0.2) is 8.42 Å². The Bertz CT molecular complexity index is 915. The highest BCUT2D eigenvalue weighted by Crippen LogP contribution is 2.28. The number of aromatic nitrogens is 1. The largest absolute Gasteiger partial charge is 0.340 e. The lowest BCUT2D eigenvalue weighted by Crippen LogP contribution is -2.50. The first kappa shape index (κ1) is 20.1. The lowest BCUT2D eigenvalue weighted by molar-refractivity contribution is -0.132. The number of hydrogen-bond acceptors (Lipinski definition) is 4. The van der Waals surface area contributed by atoms with Crippen molar-refractivity contribution >= 4 is 39.1 Å². The Labute approximate surface area is 168 Å². The molecular weight excluding hydrogens is 409 g/mol. The molecule has 27 heavy (non-hydrogen) atoms. The summed E-state index contributed by atoms with van der Waals surface area (Å²) in [5, 5.41) is 0.441. The zero-order valence-electron chi connectivity index (χ0n) is 14.5. The fourth-order valence-corrected chi connectivity index (χ4v) is 5.11. The van der Waals surface area contributed by atoms with Gasteiger partial charge >= 0.3 is 0 Å². The van der Waals surface area contributed by atoms with Crippen molar-refractivity contribution in [3.05, 3.63) is 58.3 Å². The van der Waals surface area contributed by atoms with Crippen LogP contribution >= 0.6 is 23.2 Å². The van der Waals surface area contributed by atoms with E-state index in [-0.39, 0.29) is 28.9 Å². The van der Waals surface area contributed by atoms with Gasteiger partial charge in [-0.15, -0.1) is 0 Å². The van der Waals surface area contributed by atoms with Crippen LogP contribution in [0, 0.1) is 0 Å². The second kappa shape index (κ2) is 8.56. The van der Waals surface area contributed by atoms with E-state index in [9.17, 15) is 13.2 Å². The summed E-state index contributed by atoms with van der Waals surface area (Å²) in [6, 6.07) is 8.13. The molecule has 0 aliphatic carbocycles. The molecule has 1 aliphatic heterocycles. The smallest absolute Gasteiger partial charge is 0.244 e. The Morgan fingerprint density at radius 2 is 1.85 bits per heavy atom. The van der Waals surface area contributed by atoms with E-state index >= 15 is 0 Å². The van der Waals surface area contributed by atoms with Gasteiger partial charge in [-0.1, -0.05) is 29.3 Å². The summed E-state index contributed by atoms with van der Waals surface area (Å²) in [7, 11) is -3.75. The van der Waals surface area contributed by atoms with Crippen molar-refractivity contribution in [3.8, 4) is 0 Å². The zero-order chi connectivity index (χ0) is 19.4. The molecule has 1 saturated heterocycles. The molecule has 0 N–H and O–H groups in total. The number of amides is 1. The standard InChI is InChI=1S/C18H19Cl2N3O3S/c19-15-4-5-16(20)17(12-15)27(25,26)23-10-8-22(9-11-23)18(24)6-3-14-2-1-7-21-13-14/h1-2,4-5,7,12-13H,3,6,8-11H2. The van der Waals surface area contributed by atoms with Crippen molar-refractivity contribution in [1.82, 2.24) is 14.2 Å². The average Bonchev–Trinajstić information content (AvgIpc) is 2.68. The van der Waals surface area contributed by atoms with Gasteiger partial charge in [0.05, 0.1) is 5.02 Å². The number of sulfonamides is 1. The molecule has 2 aromatic rings. The van der Waals surface area contributed by atoms with Crippen LogP contribution in [0.25, 0.3) is 0 Å². The van der Waals surface area contributed by atoms with Crippen molar-refractivity contribution in [1.29, 1.82) is 0 Å². The fourth-order valence-electron chi connectivity index (χ4n) is 2.95. The predicted molar refractivity (Wildman–Crippen MR) is 104 cm³/mol. The third-order valence-corrected chi connectivity index (χ3v) is 7.07. The van der Waals surface area contributed by atoms with Crippen molar-refractivity contribution < 1.29 is 13.2 Å². The quantitative estimate of drug-likeness (QED) is 0.735. The number of aryl methyl sites for hydroxylation is 1. The molecule has 2 heterocycles. The number of carbonyl (C=O) groups is 1. The Hall–Kier alpha value is -1.67. The van der Waals surface area contributed by atoms with Crippen molar-refractivity contribution in [2.24, 2.45) is 0 Å². The van der Waals surface area contributed by atoms with Gasteiger partial charge in [-0.2, -0.15) is 4.31 Å². The van der Waals surface area contributed by atoms with Crippen molar-refractivity contribution in [2.45, 2.75) is 17.7 Å². The van der Waals surface area contributed by atoms with E-state index in [4.69, 9.17) is 23.2 Å². The summed E-state index contributed by atoms with van der Waals surface area (Å²) >= 11 is 12.0. The maximum Gasteiger partial charge on any atom is 0.244 e. The minimum atomic E-state index is -3.75. The first-order valence-corrected chi connectivity index (χ1v) is 10.7. The molecule has 3 rings (SSSR count). The van der Waals surface area contributed by atoms with Gasteiger partial charge in [-0.3, -0.25) is 9.78 Å². The Morgan fingerprint density at radius 1 is 1.11 bits per heavy atom. The zero-order valence-corrected chi connectivity index (χ0v) is 16.8. The molecule has 1 aromatic carbocycles. The Morgan fingerprint density at radius 3 is 2.52 bits per heavy atom. The van der Waals surface area contributed by atoms with Crippen LogP contribution in [0.15, 0.2) is 47.6 Å². The maximum absolute atomic E-state index is 12.8. The molecule has 0 radical (unpaired) electrons. The molecule has 1 aliphatic rings. The topological polar surface area (TPSA) is 70.6 Å². The summed E-state index contributed by atoms with van der Waals surface area (Å²) in [5.41, 5.74) is 1.00. The average molecular weight is 428 g/mol. The molecular formula is C18H19Cl2N3O3S. The van der Waals surface area contributed by atoms with Crippen LogP contribution in [0.5, 0.6) is 0 Å². The minimum Gasteiger partial charge on any atom is -0.340 e. The molecule has 1 fully saturated rings. The van der Waals surface area contributed by atoms with E-state index in [2.05, 4.69) is 4.98 Å². The van der Waals surface area contributed by atoms with Crippen LogP contribution in [-0.2, 0) is 21.2 Å².